The van der Waals surface area contributed by atoms with Crippen LogP contribution in [0, 0.1) is 20.8 Å². The van der Waals surface area contributed by atoms with Gasteiger partial charge in [-0.05, 0) is 103 Å². The van der Waals surface area contributed by atoms with E-state index >= 15 is 0 Å². The van der Waals surface area contributed by atoms with Crippen molar-refractivity contribution in [1.29, 1.82) is 0 Å². The molecule has 1 aromatic carbocycles. The standard InChI is InChI=1S/C32H42N6O2/c1-9-37(13-12-36(7)8)29-11-10-24(17-33-29)25-15-26(30-22(5)19-38(20(2)3)28(30)16-25)31(39)34-18-27-21(4)14-23(6)35-32(27)40/h10-11,14-17,19-20H,9,12-13,18H2,1-8H3,(H,34,39)(H,35,40). The Labute approximate surface area is 237 Å². The van der Waals surface area contributed by atoms with Gasteiger partial charge in [0.1, 0.15) is 5.82 Å². The van der Waals surface area contributed by atoms with Gasteiger partial charge >= 0.3 is 0 Å². The second kappa shape index (κ2) is 12.1. The van der Waals surface area contributed by atoms with Gasteiger partial charge in [0.2, 0.25) is 0 Å². The number of fused-ring (bicyclic) bond motifs is 1. The Kier molecular flexibility index (Phi) is 8.79. The van der Waals surface area contributed by atoms with Crippen LogP contribution >= 0.6 is 0 Å². The number of carbonyl (C=O) groups excluding carboxylic acids is 1. The van der Waals surface area contributed by atoms with Gasteiger partial charge < -0.3 is 24.7 Å². The number of aromatic nitrogens is 3. The number of pyridine rings is 2. The lowest BCUT2D eigenvalue weighted by Crippen LogP contribution is -2.32. The second-order valence-corrected chi connectivity index (χ2v) is 11.1. The van der Waals surface area contributed by atoms with Crippen molar-refractivity contribution in [2.75, 3.05) is 38.6 Å². The molecule has 0 aliphatic carbocycles. The van der Waals surface area contributed by atoms with Gasteiger partial charge in [-0.2, -0.15) is 0 Å². The molecule has 0 aliphatic rings. The van der Waals surface area contributed by atoms with Crippen LogP contribution < -0.4 is 15.8 Å². The largest absolute Gasteiger partial charge is 0.356 e. The normalized spacial score (nSPS) is 11.6. The smallest absolute Gasteiger partial charge is 0.253 e. The molecule has 0 fully saturated rings. The summed E-state index contributed by atoms with van der Waals surface area (Å²) in [5.41, 5.74) is 6.57. The molecule has 0 radical (unpaired) electrons. The Balaban J connectivity index is 1.73. The third-order valence-electron chi connectivity index (χ3n) is 7.45. The molecule has 0 bridgehead atoms. The van der Waals surface area contributed by atoms with Crippen LogP contribution in [-0.4, -0.2) is 59.1 Å². The van der Waals surface area contributed by atoms with Gasteiger partial charge in [-0.1, -0.05) is 0 Å². The SMILES string of the molecule is CCN(CCN(C)C)c1ccc(-c2cc(C(=O)NCc3c(C)cc(C)[nH]c3=O)c3c(C)cn(C(C)C)c3c2)cn1. The van der Waals surface area contributed by atoms with Crippen LogP contribution in [0.25, 0.3) is 22.0 Å². The number of aryl methyl sites for hydroxylation is 3. The summed E-state index contributed by atoms with van der Waals surface area (Å²) in [5.74, 6) is 0.730. The first-order valence-corrected chi connectivity index (χ1v) is 14.0. The van der Waals surface area contributed by atoms with Crippen molar-refractivity contribution in [3.8, 4) is 11.1 Å². The van der Waals surface area contributed by atoms with Crippen LogP contribution in [0.1, 0.15) is 59.6 Å². The number of hydrogen-bond acceptors (Lipinski definition) is 5. The van der Waals surface area contributed by atoms with E-state index in [0.29, 0.717) is 11.1 Å². The number of likely N-dealkylation sites (N-methyl/N-ethyl adjacent to an activating group) is 2. The minimum Gasteiger partial charge on any atom is -0.356 e. The van der Waals surface area contributed by atoms with E-state index in [1.165, 1.54) is 0 Å². The van der Waals surface area contributed by atoms with E-state index in [-0.39, 0.29) is 24.1 Å². The quantitative estimate of drug-likeness (QED) is 0.287. The van der Waals surface area contributed by atoms with Crippen molar-refractivity contribution in [2.24, 2.45) is 0 Å². The number of hydrogen-bond donors (Lipinski definition) is 2. The minimum absolute atomic E-state index is 0.159. The molecule has 0 atom stereocenters. The lowest BCUT2D eigenvalue weighted by molar-refractivity contribution is 0.0952. The zero-order valence-corrected chi connectivity index (χ0v) is 25.1. The predicted molar refractivity (Wildman–Crippen MR) is 164 cm³/mol. The van der Waals surface area contributed by atoms with Gasteiger partial charge in [0.15, 0.2) is 0 Å². The van der Waals surface area contributed by atoms with Crippen LogP contribution in [-0.2, 0) is 6.54 Å². The highest BCUT2D eigenvalue weighted by Gasteiger charge is 2.20. The third-order valence-corrected chi connectivity index (χ3v) is 7.45. The summed E-state index contributed by atoms with van der Waals surface area (Å²) in [7, 11) is 4.14. The highest BCUT2D eigenvalue weighted by Crippen LogP contribution is 2.33. The first-order chi connectivity index (χ1) is 19.0. The molecule has 4 aromatic rings. The molecule has 212 valence electrons. The molecule has 8 heteroatoms. The number of nitrogens with zero attached hydrogens (tertiary/aromatic N) is 4. The molecular weight excluding hydrogens is 500 g/mol. The second-order valence-electron chi connectivity index (χ2n) is 11.1. The maximum absolute atomic E-state index is 13.7. The van der Waals surface area contributed by atoms with Crippen molar-refractivity contribution >= 4 is 22.6 Å². The fraction of sp³-hybridized carbons (Fsp3) is 0.406. The molecule has 3 aromatic heterocycles. The zero-order valence-electron chi connectivity index (χ0n) is 25.1. The fourth-order valence-corrected chi connectivity index (χ4v) is 5.22. The molecule has 0 spiro atoms. The van der Waals surface area contributed by atoms with Crippen LogP contribution in [0.2, 0.25) is 0 Å². The van der Waals surface area contributed by atoms with E-state index in [0.717, 1.165) is 64.3 Å². The fourth-order valence-electron chi connectivity index (χ4n) is 5.22. The van der Waals surface area contributed by atoms with E-state index in [2.05, 4.69) is 83.9 Å². The topological polar surface area (TPSA) is 86.3 Å². The Bertz CT molecular complexity index is 1560. The van der Waals surface area contributed by atoms with Gasteiger partial charge in [0.25, 0.3) is 11.5 Å². The van der Waals surface area contributed by atoms with Crippen LogP contribution in [0.5, 0.6) is 0 Å². The van der Waals surface area contributed by atoms with Gasteiger partial charge in [0.05, 0.1) is 0 Å². The average Bonchev–Trinajstić information content (AvgIpc) is 3.24. The van der Waals surface area contributed by atoms with Crippen LogP contribution in [0.4, 0.5) is 5.82 Å². The number of carbonyl (C=O) groups is 1. The van der Waals surface area contributed by atoms with Crippen molar-refractivity contribution < 1.29 is 4.79 Å². The molecule has 4 rings (SSSR count). The number of benzene rings is 1. The third kappa shape index (κ3) is 6.12. The molecular formula is C32H42N6O2. The van der Waals surface area contributed by atoms with Crippen molar-refractivity contribution in [1.82, 2.24) is 24.8 Å². The Morgan fingerprint density at radius 1 is 1.05 bits per heavy atom. The molecule has 3 heterocycles. The van der Waals surface area contributed by atoms with Crippen molar-refractivity contribution in [3.63, 3.8) is 0 Å². The summed E-state index contributed by atoms with van der Waals surface area (Å²) in [5, 5.41) is 3.94. The molecule has 0 saturated carbocycles. The first kappa shape index (κ1) is 29.1. The Morgan fingerprint density at radius 3 is 2.40 bits per heavy atom. The number of nitrogens with one attached hydrogen (secondary N) is 2. The van der Waals surface area contributed by atoms with Gasteiger partial charge in [-0.3, -0.25) is 9.59 Å². The van der Waals surface area contributed by atoms with Crippen molar-refractivity contribution in [2.45, 2.75) is 54.1 Å². The Hall–Kier alpha value is -3.91. The number of rotatable bonds is 10. The lowest BCUT2D eigenvalue weighted by Gasteiger charge is -2.24. The summed E-state index contributed by atoms with van der Waals surface area (Å²) in [6.07, 6.45) is 4.00. The molecule has 40 heavy (non-hydrogen) atoms. The van der Waals surface area contributed by atoms with Crippen LogP contribution in [0.15, 0.2) is 47.5 Å². The van der Waals surface area contributed by atoms with Gasteiger partial charge in [-0.25, -0.2) is 4.98 Å². The number of aromatic amines is 1. The van der Waals surface area contributed by atoms with E-state index < -0.39 is 0 Å². The molecule has 8 nitrogen and oxygen atoms in total. The lowest BCUT2D eigenvalue weighted by atomic mass is 9.98. The summed E-state index contributed by atoms with van der Waals surface area (Å²) in [6.45, 7) is 15.1. The number of H-pyrrole nitrogens is 1. The number of amides is 1. The molecule has 2 N–H and O–H groups in total. The summed E-state index contributed by atoms with van der Waals surface area (Å²) in [6, 6.07) is 10.4. The highest BCUT2D eigenvalue weighted by atomic mass is 16.1. The monoisotopic (exact) mass is 542 g/mol. The molecule has 0 unspecified atom stereocenters. The van der Waals surface area contributed by atoms with E-state index in [4.69, 9.17) is 4.98 Å². The predicted octanol–water partition coefficient (Wildman–Crippen LogP) is 5.22. The zero-order chi connectivity index (χ0) is 29.1. The summed E-state index contributed by atoms with van der Waals surface area (Å²) in [4.78, 5) is 38.3. The molecule has 0 saturated heterocycles. The first-order valence-electron chi connectivity index (χ1n) is 14.0. The van der Waals surface area contributed by atoms with Gasteiger partial charge in [0, 0.05) is 77.9 Å². The molecule has 0 aliphatic heterocycles. The average molecular weight is 543 g/mol. The number of anilines is 1. The van der Waals surface area contributed by atoms with Crippen LogP contribution in [0.3, 0.4) is 0 Å². The summed E-state index contributed by atoms with van der Waals surface area (Å²) >= 11 is 0. The van der Waals surface area contributed by atoms with E-state index in [1.807, 2.05) is 39.1 Å². The maximum atomic E-state index is 13.7. The highest BCUT2D eigenvalue weighted by molar-refractivity contribution is 6.09. The van der Waals surface area contributed by atoms with Gasteiger partial charge in [-0.15, -0.1) is 0 Å². The van der Waals surface area contributed by atoms with Crippen molar-refractivity contribution in [3.05, 3.63) is 81.0 Å². The maximum Gasteiger partial charge on any atom is 0.253 e. The van der Waals surface area contributed by atoms with E-state index in [1.54, 1.807) is 0 Å². The summed E-state index contributed by atoms with van der Waals surface area (Å²) < 4.78 is 2.21. The Morgan fingerprint density at radius 2 is 1.80 bits per heavy atom. The van der Waals surface area contributed by atoms with E-state index in [9.17, 15) is 9.59 Å². The molecule has 1 amide bonds. The minimum atomic E-state index is -0.207.